The van der Waals surface area contributed by atoms with Crippen molar-refractivity contribution in [2.75, 3.05) is 0 Å². The van der Waals surface area contributed by atoms with E-state index in [1.165, 1.54) is 0 Å². The zero-order valence-electron chi connectivity index (χ0n) is 6.60. The molecule has 0 saturated heterocycles. The summed E-state index contributed by atoms with van der Waals surface area (Å²) in [5.41, 5.74) is 0.736. The lowest BCUT2D eigenvalue weighted by Crippen LogP contribution is -1.73. The van der Waals surface area contributed by atoms with Crippen LogP contribution in [-0.4, -0.2) is 11.4 Å². The van der Waals surface area contributed by atoms with Gasteiger partial charge in [0.2, 0.25) is 0 Å². The van der Waals surface area contributed by atoms with E-state index in [9.17, 15) is 9.90 Å². The SMILES string of the molecule is O=CC/C=C/c1ccccc1O. The van der Waals surface area contributed by atoms with Crippen LogP contribution in [0.4, 0.5) is 0 Å². The predicted molar refractivity (Wildman–Crippen MR) is 47.8 cm³/mol. The molecule has 0 bridgehead atoms. The highest BCUT2D eigenvalue weighted by molar-refractivity contribution is 5.61. The van der Waals surface area contributed by atoms with Crippen LogP contribution in [0.2, 0.25) is 0 Å². The Morgan fingerprint density at radius 3 is 2.75 bits per heavy atom. The number of hydrogen-bond acceptors (Lipinski definition) is 2. The molecule has 0 radical (unpaired) electrons. The Labute approximate surface area is 71.2 Å². The maximum absolute atomic E-state index is 9.97. The van der Waals surface area contributed by atoms with Crippen LogP contribution in [-0.2, 0) is 4.79 Å². The maximum Gasteiger partial charge on any atom is 0.123 e. The molecule has 0 unspecified atom stereocenters. The van der Waals surface area contributed by atoms with Crippen molar-refractivity contribution in [3.63, 3.8) is 0 Å². The molecule has 0 aromatic heterocycles. The predicted octanol–water partition coefficient (Wildman–Crippen LogP) is 1.99. The Morgan fingerprint density at radius 1 is 1.33 bits per heavy atom. The lowest BCUT2D eigenvalue weighted by Gasteiger charge is -1.95. The van der Waals surface area contributed by atoms with Gasteiger partial charge in [-0.2, -0.15) is 0 Å². The van der Waals surface area contributed by atoms with Crippen molar-refractivity contribution in [3.05, 3.63) is 35.9 Å². The highest BCUT2D eigenvalue weighted by Crippen LogP contribution is 2.16. The van der Waals surface area contributed by atoms with Crippen LogP contribution < -0.4 is 0 Å². The summed E-state index contributed by atoms with van der Waals surface area (Å²) in [4.78, 5) is 9.97. The molecule has 2 nitrogen and oxygen atoms in total. The molecule has 1 N–H and O–H groups in total. The number of aromatic hydroxyl groups is 1. The number of allylic oxidation sites excluding steroid dienone is 1. The zero-order chi connectivity index (χ0) is 8.81. The number of para-hydroxylation sites is 1. The summed E-state index contributed by atoms with van der Waals surface area (Å²) in [7, 11) is 0. The third kappa shape index (κ3) is 2.23. The van der Waals surface area contributed by atoms with E-state index in [0.29, 0.717) is 6.42 Å². The van der Waals surface area contributed by atoms with Gasteiger partial charge in [0.15, 0.2) is 0 Å². The molecule has 0 aliphatic heterocycles. The fourth-order valence-electron chi connectivity index (χ4n) is 0.879. The van der Waals surface area contributed by atoms with Crippen LogP contribution >= 0.6 is 0 Å². The van der Waals surface area contributed by atoms with Crippen LogP contribution in [0, 0.1) is 0 Å². The number of benzene rings is 1. The summed E-state index contributed by atoms with van der Waals surface area (Å²) in [6.07, 6.45) is 4.64. The fraction of sp³-hybridized carbons (Fsp3) is 0.100. The molecule has 12 heavy (non-hydrogen) atoms. The van der Waals surface area contributed by atoms with Crippen LogP contribution in [0.15, 0.2) is 30.3 Å². The summed E-state index contributed by atoms with van der Waals surface area (Å²) >= 11 is 0. The molecule has 0 aliphatic rings. The van der Waals surface area contributed by atoms with Crippen molar-refractivity contribution in [2.24, 2.45) is 0 Å². The maximum atomic E-state index is 9.97. The summed E-state index contributed by atoms with van der Waals surface area (Å²) in [5.74, 6) is 0.236. The van der Waals surface area contributed by atoms with Gasteiger partial charge < -0.3 is 9.90 Å². The molecule has 1 rings (SSSR count). The number of hydrogen-bond donors (Lipinski definition) is 1. The molecule has 0 amide bonds. The minimum absolute atomic E-state index is 0.236. The monoisotopic (exact) mass is 162 g/mol. The van der Waals surface area contributed by atoms with Crippen molar-refractivity contribution in [1.29, 1.82) is 0 Å². The summed E-state index contributed by atoms with van der Waals surface area (Å²) in [5, 5.41) is 9.27. The van der Waals surface area contributed by atoms with Crippen LogP contribution in [0.3, 0.4) is 0 Å². The lowest BCUT2D eigenvalue weighted by molar-refractivity contribution is -0.107. The van der Waals surface area contributed by atoms with Crippen molar-refractivity contribution >= 4 is 12.4 Å². The molecular formula is C10H10O2. The highest BCUT2D eigenvalue weighted by atomic mass is 16.3. The van der Waals surface area contributed by atoms with Gasteiger partial charge in [0, 0.05) is 12.0 Å². The molecule has 1 aromatic carbocycles. The quantitative estimate of drug-likeness (QED) is 0.690. The van der Waals surface area contributed by atoms with Gasteiger partial charge in [0.1, 0.15) is 12.0 Å². The number of carbonyl (C=O) groups is 1. The van der Waals surface area contributed by atoms with Gasteiger partial charge in [0.05, 0.1) is 0 Å². The van der Waals surface area contributed by atoms with E-state index in [2.05, 4.69) is 0 Å². The van der Waals surface area contributed by atoms with E-state index in [-0.39, 0.29) is 5.75 Å². The first-order valence-electron chi connectivity index (χ1n) is 3.73. The van der Waals surface area contributed by atoms with Crippen LogP contribution in [0.5, 0.6) is 5.75 Å². The minimum Gasteiger partial charge on any atom is -0.507 e. The molecule has 0 heterocycles. The van der Waals surface area contributed by atoms with Gasteiger partial charge in [-0.25, -0.2) is 0 Å². The molecule has 2 heteroatoms. The summed E-state index contributed by atoms with van der Waals surface area (Å²) < 4.78 is 0. The van der Waals surface area contributed by atoms with Crippen LogP contribution in [0.1, 0.15) is 12.0 Å². The Hall–Kier alpha value is -1.57. The van der Waals surface area contributed by atoms with E-state index in [1.807, 2.05) is 6.07 Å². The Morgan fingerprint density at radius 2 is 2.08 bits per heavy atom. The number of phenolic OH excluding ortho intramolecular Hbond substituents is 1. The average Bonchev–Trinajstić information content (AvgIpc) is 2.09. The van der Waals surface area contributed by atoms with Crippen molar-refractivity contribution in [2.45, 2.75) is 6.42 Å². The van der Waals surface area contributed by atoms with Gasteiger partial charge in [0.25, 0.3) is 0 Å². The number of carbonyl (C=O) groups excluding carboxylic acids is 1. The smallest absolute Gasteiger partial charge is 0.123 e. The molecule has 62 valence electrons. The Bertz CT molecular complexity index is 290. The van der Waals surface area contributed by atoms with E-state index in [0.717, 1.165) is 11.8 Å². The second-order valence-corrected chi connectivity index (χ2v) is 2.36. The van der Waals surface area contributed by atoms with Gasteiger partial charge in [-0.1, -0.05) is 30.4 Å². The summed E-state index contributed by atoms with van der Waals surface area (Å²) in [6, 6.07) is 6.99. The third-order valence-electron chi connectivity index (χ3n) is 1.47. The molecule has 0 spiro atoms. The average molecular weight is 162 g/mol. The van der Waals surface area contributed by atoms with E-state index in [1.54, 1.807) is 30.4 Å². The number of rotatable bonds is 3. The molecular weight excluding hydrogens is 152 g/mol. The fourth-order valence-corrected chi connectivity index (χ4v) is 0.879. The first-order chi connectivity index (χ1) is 5.84. The van der Waals surface area contributed by atoms with E-state index >= 15 is 0 Å². The number of aldehydes is 1. The second-order valence-electron chi connectivity index (χ2n) is 2.36. The normalized spacial score (nSPS) is 10.3. The molecule has 0 atom stereocenters. The minimum atomic E-state index is 0.236. The Balaban J connectivity index is 2.74. The van der Waals surface area contributed by atoms with Crippen molar-refractivity contribution < 1.29 is 9.90 Å². The second kappa shape index (κ2) is 4.34. The highest BCUT2D eigenvalue weighted by Gasteiger charge is 1.91. The van der Waals surface area contributed by atoms with Gasteiger partial charge >= 0.3 is 0 Å². The van der Waals surface area contributed by atoms with Gasteiger partial charge in [-0.05, 0) is 6.07 Å². The topological polar surface area (TPSA) is 37.3 Å². The van der Waals surface area contributed by atoms with Gasteiger partial charge in [-0.15, -0.1) is 0 Å². The lowest BCUT2D eigenvalue weighted by atomic mass is 10.2. The van der Waals surface area contributed by atoms with Crippen molar-refractivity contribution in [1.82, 2.24) is 0 Å². The number of phenols is 1. The molecule has 0 aliphatic carbocycles. The third-order valence-corrected chi connectivity index (χ3v) is 1.47. The molecule has 0 fully saturated rings. The first-order valence-corrected chi connectivity index (χ1v) is 3.73. The standard InChI is InChI=1S/C10H10O2/c11-8-4-3-6-9-5-1-2-7-10(9)12/h1-3,5-8,12H,4H2/b6-3+. The van der Waals surface area contributed by atoms with E-state index in [4.69, 9.17) is 0 Å². The van der Waals surface area contributed by atoms with Gasteiger partial charge in [-0.3, -0.25) is 0 Å². The molecule has 0 saturated carbocycles. The largest absolute Gasteiger partial charge is 0.507 e. The Kier molecular flexibility index (Phi) is 3.08. The first kappa shape index (κ1) is 8.53. The zero-order valence-corrected chi connectivity index (χ0v) is 6.60. The van der Waals surface area contributed by atoms with Crippen molar-refractivity contribution in [3.8, 4) is 5.75 Å². The molecule has 1 aromatic rings. The summed E-state index contributed by atoms with van der Waals surface area (Å²) in [6.45, 7) is 0. The van der Waals surface area contributed by atoms with Crippen LogP contribution in [0.25, 0.3) is 6.08 Å². The van der Waals surface area contributed by atoms with E-state index < -0.39 is 0 Å².